The topological polar surface area (TPSA) is 74.8 Å². The normalized spacial score (nSPS) is 16.1. The summed E-state index contributed by atoms with van der Waals surface area (Å²) in [7, 11) is 0. The largest absolute Gasteiger partial charge is 0.310 e. The number of H-pyrrole nitrogens is 1. The Kier molecular flexibility index (Phi) is 3.84. The summed E-state index contributed by atoms with van der Waals surface area (Å²) in [5.74, 6) is -3.06. The average Bonchev–Trinajstić information content (AvgIpc) is 2.63. The highest BCUT2D eigenvalue weighted by Crippen LogP contribution is 2.36. The molecule has 0 bridgehead atoms. The highest BCUT2D eigenvalue weighted by Gasteiger charge is 2.33. The van der Waals surface area contributed by atoms with Crippen molar-refractivity contribution in [3.63, 3.8) is 0 Å². The van der Waals surface area contributed by atoms with Gasteiger partial charge in [-0.25, -0.2) is 13.8 Å². The highest BCUT2D eigenvalue weighted by molar-refractivity contribution is 5.94. The molecule has 0 radical (unpaired) electrons. The Hall–Kier alpha value is -3.35. The molecular weight excluding hydrogens is 340 g/mol. The van der Waals surface area contributed by atoms with Crippen molar-refractivity contribution in [2.45, 2.75) is 12.3 Å². The lowest BCUT2D eigenvalue weighted by Gasteiger charge is -2.25. The molecule has 3 aromatic rings. The van der Waals surface area contributed by atoms with E-state index < -0.39 is 29.0 Å². The van der Waals surface area contributed by atoms with Gasteiger partial charge in [-0.1, -0.05) is 42.5 Å². The van der Waals surface area contributed by atoms with Crippen molar-refractivity contribution in [2.75, 3.05) is 5.32 Å². The zero-order valence-electron chi connectivity index (χ0n) is 13.4. The van der Waals surface area contributed by atoms with Gasteiger partial charge in [0.15, 0.2) is 11.6 Å². The first-order valence-corrected chi connectivity index (χ1v) is 7.98. The van der Waals surface area contributed by atoms with Gasteiger partial charge in [-0.15, -0.1) is 0 Å². The average molecular weight is 353 g/mol. The quantitative estimate of drug-likeness (QED) is 0.743. The summed E-state index contributed by atoms with van der Waals surface area (Å²) in [6.45, 7) is 0. The third kappa shape index (κ3) is 2.67. The van der Waals surface area contributed by atoms with E-state index in [1.165, 1.54) is 12.1 Å². The van der Waals surface area contributed by atoms with E-state index in [1.807, 2.05) is 6.07 Å². The minimum Gasteiger partial charge on any atom is -0.310 e. The summed E-state index contributed by atoms with van der Waals surface area (Å²) in [6, 6.07) is 12.6. The maximum Gasteiger partial charge on any atom is 0.257 e. The van der Waals surface area contributed by atoms with E-state index in [0.29, 0.717) is 5.56 Å². The van der Waals surface area contributed by atoms with Gasteiger partial charge >= 0.3 is 0 Å². The molecule has 0 aliphatic carbocycles. The molecule has 26 heavy (non-hydrogen) atoms. The number of aromatic amines is 1. The van der Waals surface area contributed by atoms with Gasteiger partial charge in [-0.3, -0.25) is 9.59 Å². The number of hydrogen-bond acceptors (Lipinski definition) is 3. The number of carbonyl (C=O) groups is 1. The molecule has 4 rings (SSSR count). The summed E-state index contributed by atoms with van der Waals surface area (Å²) in [5, 5.41) is 2.56. The van der Waals surface area contributed by atoms with E-state index in [0.717, 1.165) is 6.07 Å². The number of aromatic nitrogens is 2. The molecule has 2 aromatic carbocycles. The van der Waals surface area contributed by atoms with Gasteiger partial charge in [0.2, 0.25) is 5.91 Å². The van der Waals surface area contributed by atoms with E-state index in [-0.39, 0.29) is 29.2 Å². The van der Waals surface area contributed by atoms with Crippen molar-refractivity contribution in [1.82, 2.24) is 9.97 Å². The van der Waals surface area contributed by atoms with Crippen molar-refractivity contribution in [3.8, 4) is 11.4 Å². The lowest BCUT2D eigenvalue weighted by Crippen LogP contribution is -2.31. The van der Waals surface area contributed by atoms with Crippen LogP contribution in [0.4, 0.5) is 14.6 Å². The Balaban J connectivity index is 1.90. The van der Waals surface area contributed by atoms with Gasteiger partial charge in [0.1, 0.15) is 11.6 Å². The Bertz CT molecular complexity index is 1060. The van der Waals surface area contributed by atoms with Crippen LogP contribution in [0, 0.1) is 11.6 Å². The Morgan fingerprint density at radius 2 is 1.77 bits per heavy atom. The lowest BCUT2D eigenvalue weighted by molar-refractivity contribution is -0.116. The maximum absolute atomic E-state index is 14.2. The van der Waals surface area contributed by atoms with Crippen LogP contribution >= 0.6 is 0 Å². The molecule has 1 aromatic heterocycles. The van der Waals surface area contributed by atoms with Crippen LogP contribution in [-0.2, 0) is 4.79 Å². The summed E-state index contributed by atoms with van der Waals surface area (Å²) in [4.78, 5) is 31.8. The number of anilines is 1. The SMILES string of the molecule is O=C1CC(c2cccc(F)c2F)c2c(nc(-c3ccccc3)[nH]c2=O)N1. The van der Waals surface area contributed by atoms with Gasteiger partial charge in [0, 0.05) is 17.9 Å². The fourth-order valence-corrected chi connectivity index (χ4v) is 3.16. The number of halogens is 2. The number of amides is 1. The highest BCUT2D eigenvalue weighted by atomic mass is 19.2. The standard InChI is InChI=1S/C19H13F2N3O2/c20-13-8-4-7-11(16(13)21)12-9-14(25)22-18-15(12)19(26)24-17(23-18)10-5-2-1-3-6-10/h1-8,12H,9H2,(H2,22,23,24,25,26). The van der Waals surface area contributed by atoms with Crippen molar-refractivity contribution in [3.05, 3.63) is 81.6 Å². The zero-order chi connectivity index (χ0) is 18.3. The van der Waals surface area contributed by atoms with Crippen molar-refractivity contribution in [2.24, 2.45) is 0 Å². The van der Waals surface area contributed by atoms with E-state index in [9.17, 15) is 18.4 Å². The second-order valence-electron chi connectivity index (χ2n) is 5.99. The van der Waals surface area contributed by atoms with Crippen LogP contribution in [0.15, 0.2) is 53.3 Å². The Labute approximate surface area is 146 Å². The van der Waals surface area contributed by atoms with E-state index in [1.54, 1.807) is 24.3 Å². The van der Waals surface area contributed by atoms with Gasteiger partial charge in [-0.2, -0.15) is 0 Å². The molecule has 7 heteroatoms. The number of benzene rings is 2. The van der Waals surface area contributed by atoms with Gasteiger partial charge in [-0.05, 0) is 11.6 Å². The molecule has 0 spiro atoms. The molecule has 1 amide bonds. The van der Waals surface area contributed by atoms with Crippen LogP contribution in [0.2, 0.25) is 0 Å². The first kappa shape index (κ1) is 16.1. The van der Waals surface area contributed by atoms with Crippen LogP contribution in [0.3, 0.4) is 0 Å². The van der Waals surface area contributed by atoms with E-state index >= 15 is 0 Å². The van der Waals surface area contributed by atoms with Crippen LogP contribution in [0.25, 0.3) is 11.4 Å². The molecule has 2 heterocycles. The third-order valence-corrected chi connectivity index (χ3v) is 4.36. The molecule has 2 N–H and O–H groups in total. The summed E-state index contributed by atoms with van der Waals surface area (Å²) in [5.41, 5.74) is 0.248. The molecule has 1 aliphatic heterocycles. The van der Waals surface area contributed by atoms with E-state index in [2.05, 4.69) is 15.3 Å². The minimum atomic E-state index is -1.07. The number of hydrogen-bond donors (Lipinski definition) is 2. The molecule has 0 fully saturated rings. The van der Waals surface area contributed by atoms with Gasteiger partial charge in [0.05, 0.1) is 5.56 Å². The zero-order valence-corrected chi connectivity index (χ0v) is 13.4. The van der Waals surface area contributed by atoms with Gasteiger partial charge in [0.25, 0.3) is 5.56 Å². The first-order chi connectivity index (χ1) is 12.5. The molecule has 1 aliphatic rings. The van der Waals surface area contributed by atoms with Crippen molar-refractivity contribution < 1.29 is 13.6 Å². The number of fused-ring (bicyclic) bond motifs is 1. The predicted molar refractivity (Wildman–Crippen MR) is 91.7 cm³/mol. The van der Waals surface area contributed by atoms with Crippen LogP contribution in [0.1, 0.15) is 23.5 Å². The first-order valence-electron chi connectivity index (χ1n) is 7.98. The fraction of sp³-hybridized carbons (Fsp3) is 0.105. The second kappa shape index (κ2) is 6.18. The second-order valence-corrected chi connectivity index (χ2v) is 5.99. The van der Waals surface area contributed by atoms with Crippen LogP contribution < -0.4 is 10.9 Å². The van der Waals surface area contributed by atoms with Crippen molar-refractivity contribution >= 4 is 11.7 Å². The smallest absolute Gasteiger partial charge is 0.257 e. The van der Waals surface area contributed by atoms with Crippen LogP contribution in [0.5, 0.6) is 0 Å². The molecule has 5 nitrogen and oxygen atoms in total. The van der Waals surface area contributed by atoms with Gasteiger partial charge < -0.3 is 10.3 Å². The Morgan fingerprint density at radius 3 is 2.54 bits per heavy atom. The molecule has 130 valence electrons. The number of nitrogens with one attached hydrogen (secondary N) is 2. The molecule has 0 saturated heterocycles. The van der Waals surface area contributed by atoms with E-state index in [4.69, 9.17) is 0 Å². The maximum atomic E-state index is 14.2. The summed E-state index contributed by atoms with van der Waals surface area (Å²) in [6.07, 6.45) is -0.164. The lowest BCUT2D eigenvalue weighted by atomic mass is 9.86. The summed E-state index contributed by atoms with van der Waals surface area (Å²) < 4.78 is 27.9. The summed E-state index contributed by atoms with van der Waals surface area (Å²) >= 11 is 0. The minimum absolute atomic E-state index is 0.0409. The monoisotopic (exact) mass is 353 g/mol. The molecular formula is C19H13F2N3O2. The van der Waals surface area contributed by atoms with Crippen molar-refractivity contribution in [1.29, 1.82) is 0 Å². The fourth-order valence-electron chi connectivity index (χ4n) is 3.16. The number of carbonyl (C=O) groups excluding carboxylic acids is 1. The molecule has 1 unspecified atom stereocenters. The molecule has 0 saturated carbocycles. The number of rotatable bonds is 2. The predicted octanol–water partition coefficient (Wildman–Crippen LogP) is 3.19. The van der Waals surface area contributed by atoms with Crippen LogP contribution in [-0.4, -0.2) is 15.9 Å². The number of nitrogens with zero attached hydrogens (tertiary/aromatic N) is 1. The Morgan fingerprint density at radius 1 is 1.00 bits per heavy atom. The third-order valence-electron chi connectivity index (χ3n) is 4.36. The molecule has 1 atom stereocenters.